The first-order valence-electron chi connectivity index (χ1n) is 8.62. The topological polar surface area (TPSA) is 67.6 Å². The molecule has 0 radical (unpaired) electrons. The van der Waals surface area contributed by atoms with Crippen LogP contribution in [-0.4, -0.2) is 36.0 Å². The van der Waals surface area contributed by atoms with E-state index in [4.69, 9.17) is 9.15 Å². The minimum atomic E-state index is -0.186. The minimum absolute atomic E-state index is 0.0122. The van der Waals surface area contributed by atoms with Gasteiger partial charge in [0.1, 0.15) is 11.3 Å². The number of hydrogen-bond acceptors (Lipinski definition) is 5. The SMILES string of the molecule is COc1ccc2oc(CNC(=O)[C@H]3Cc4ccccc4CN3C)nc2c1. The zero-order valence-corrected chi connectivity index (χ0v) is 14.9. The van der Waals surface area contributed by atoms with Crippen molar-refractivity contribution in [3.8, 4) is 5.75 Å². The highest BCUT2D eigenvalue weighted by molar-refractivity contribution is 5.82. The monoisotopic (exact) mass is 351 g/mol. The number of ether oxygens (including phenoxy) is 1. The van der Waals surface area contributed by atoms with Crippen LogP contribution in [0.25, 0.3) is 11.1 Å². The van der Waals surface area contributed by atoms with Gasteiger partial charge in [-0.25, -0.2) is 4.98 Å². The number of oxazole rings is 1. The third kappa shape index (κ3) is 3.15. The maximum Gasteiger partial charge on any atom is 0.238 e. The molecule has 0 saturated carbocycles. The molecule has 6 nitrogen and oxygen atoms in total. The van der Waals surface area contributed by atoms with Crippen molar-refractivity contribution < 1.29 is 13.9 Å². The van der Waals surface area contributed by atoms with E-state index >= 15 is 0 Å². The van der Waals surface area contributed by atoms with Gasteiger partial charge in [0.2, 0.25) is 11.8 Å². The van der Waals surface area contributed by atoms with Crippen LogP contribution in [0.5, 0.6) is 5.75 Å². The van der Waals surface area contributed by atoms with Gasteiger partial charge >= 0.3 is 0 Å². The van der Waals surface area contributed by atoms with E-state index in [1.807, 2.05) is 37.4 Å². The van der Waals surface area contributed by atoms with E-state index in [1.54, 1.807) is 7.11 Å². The normalized spacial score (nSPS) is 17.1. The second-order valence-corrected chi connectivity index (χ2v) is 6.56. The first-order chi connectivity index (χ1) is 12.6. The number of likely N-dealkylation sites (N-methyl/N-ethyl adjacent to an activating group) is 1. The molecule has 1 aliphatic heterocycles. The fraction of sp³-hybridized carbons (Fsp3) is 0.300. The number of nitrogens with zero attached hydrogens (tertiary/aromatic N) is 2. The summed E-state index contributed by atoms with van der Waals surface area (Å²) in [5.74, 6) is 1.20. The summed E-state index contributed by atoms with van der Waals surface area (Å²) in [5.41, 5.74) is 3.92. The number of carbonyl (C=O) groups is 1. The molecule has 4 rings (SSSR count). The third-order valence-electron chi connectivity index (χ3n) is 4.84. The van der Waals surface area contributed by atoms with Gasteiger partial charge in [-0.3, -0.25) is 9.69 Å². The molecule has 1 aromatic heterocycles. The molecule has 1 aliphatic rings. The lowest BCUT2D eigenvalue weighted by Gasteiger charge is -2.32. The average Bonchev–Trinajstić information content (AvgIpc) is 3.07. The number of fused-ring (bicyclic) bond motifs is 2. The molecule has 3 aromatic rings. The van der Waals surface area contributed by atoms with E-state index in [2.05, 4.69) is 27.3 Å². The summed E-state index contributed by atoms with van der Waals surface area (Å²) in [4.78, 5) is 19.2. The number of rotatable bonds is 4. The van der Waals surface area contributed by atoms with Crippen molar-refractivity contribution in [3.05, 3.63) is 59.5 Å². The number of methoxy groups -OCH3 is 1. The molecule has 1 atom stereocenters. The fourth-order valence-electron chi connectivity index (χ4n) is 3.38. The van der Waals surface area contributed by atoms with Crippen LogP contribution in [0.2, 0.25) is 0 Å². The van der Waals surface area contributed by atoms with Crippen LogP contribution < -0.4 is 10.1 Å². The van der Waals surface area contributed by atoms with Crippen molar-refractivity contribution in [2.45, 2.75) is 25.6 Å². The van der Waals surface area contributed by atoms with E-state index < -0.39 is 0 Å². The molecule has 0 aliphatic carbocycles. The number of hydrogen-bond donors (Lipinski definition) is 1. The molecule has 0 saturated heterocycles. The summed E-state index contributed by atoms with van der Waals surface area (Å²) >= 11 is 0. The van der Waals surface area contributed by atoms with Gasteiger partial charge in [-0.1, -0.05) is 24.3 Å². The van der Waals surface area contributed by atoms with Crippen molar-refractivity contribution in [2.24, 2.45) is 0 Å². The smallest absolute Gasteiger partial charge is 0.238 e. The predicted molar refractivity (Wildman–Crippen MR) is 97.8 cm³/mol. The van der Waals surface area contributed by atoms with E-state index in [1.165, 1.54) is 11.1 Å². The Morgan fingerprint density at radius 1 is 1.31 bits per heavy atom. The molecule has 2 heterocycles. The van der Waals surface area contributed by atoms with Gasteiger partial charge in [0, 0.05) is 12.6 Å². The molecule has 26 heavy (non-hydrogen) atoms. The lowest BCUT2D eigenvalue weighted by molar-refractivity contribution is -0.126. The van der Waals surface area contributed by atoms with Gasteiger partial charge in [-0.15, -0.1) is 0 Å². The standard InChI is InChI=1S/C20H21N3O3/c1-23-12-14-6-4-3-5-13(14)9-17(23)20(24)21-11-19-22-16-10-15(25-2)7-8-18(16)26-19/h3-8,10,17H,9,11-12H2,1-2H3,(H,21,24)/t17-/m1/s1. The molecule has 0 bridgehead atoms. The summed E-state index contributed by atoms with van der Waals surface area (Å²) in [7, 11) is 3.59. The molecule has 0 spiro atoms. The zero-order chi connectivity index (χ0) is 18.1. The van der Waals surface area contributed by atoms with Crippen molar-refractivity contribution in [1.29, 1.82) is 0 Å². The Hall–Kier alpha value is -2.86. The van der Waals surface area contributed by atoms with Crippen molar-refractivity contribution in [2.75, 3.05) is 14.2 Å². The highest BCUT2D eigenvalue weighted by atomic mass is 16.5. The van der Waals surface area contributed by atoms with Crippen LogP contribution in [0.1, 0.15) is 17.0 Å². The molecule has 0 unspecified atom stereocenters. The lowest BCUT2D eigenvalue weighted by atomic mass is 9.94. The van der Waals surface area contributed by atoms with Crippen molar-refractivity contribution in [1.82, 2.24) is 15.2 Å². The van der Waals surface area contributed by atoms with Crippen molar-refractivity contribution >= 4 is 17.0 Å². The molecule has 1 N–H and O–H groups in total. The summed E-state index contributed by atoms with van der Waals surface area (Å²) in [6, 6.07) is 13.5. The Morgan fingerprint density at radius 2 is 2.12 bits per heavy atom. The number of amides is 1. The van der Waals surface area contributed by atoms with Crippen LogP contribution in [0.4, 0.5) is 0 Å². The quantitative estimate of drug-likeness (QED) is 0.782. The zero-order valence-electron chi connectivity index (χ0n) is 14.9. The molecule has 2 aromatic carbocycles. The van der Waals surface area contributed by atoms with Gasteiger partial charge in [0.25, 0.3) is 0 Å². The van der Waals surface area contributed by atoms with Gasteiger partial charge in [0.05, 0.1) is 19.7 Å². The Labute approximate surface area is 151 Å². The Kier molecular flexibility index (Phi) is 4.34. The van der Waals surface area contributed by atoms with Gasteiger partial charge in [-0.2, -0.15) is 0 Å². The Balaban J connectivity index is 1.44. The molecular formula is C20H21N3O3. The van der Waals surface area contributed by atoms with Crippen LogP contribution >= 0.6 is 0 Å². The van der Waals surface area contributed by atoms with E-state index in [0.717, 1.165) is 17.8 Å². The second kappa shape index (κ2) is 6.80. The van der Waals surface area contributed by atoms with Gasteiger partial charge in [0.15, 0.2) is 5.58 Å². The molecular weight excluding hydrogens is 330 g/mol. The number of nitrogens with one attached hydrogen (secondary N) is 1. The first kappa shape index (κ1) is 16.6. The van der Waals surface area contributed by atoms with Crippen LogP contribution in [-0.2, 0) is 24.3 Å². The molecule has 134 valence electrons. The molecule has 1 amide bonds. The highest BCUT2D eigenvalue weighted by Gasteiger charge is 2.28. The maximum absolute atomic E-state index is 12.7. The summed E-state index contributed by atoms with van der Waals surface area (Å²) in [6.07, 6.45) is 0.712. The van der Waals surface area contributed by atoms with Gasteiger partial charge < -0.3 is 14.5 Å². The summed E-state index contributed by atoms with van der Waals surface area (Å²) in [6.45, 7) is 1.04. The minimum Gasteiger partial charge on any atom is -0.497 e. The molecule has 0 fully saturated rings. The largest absolute Gasteiger partial charge is 0.497 e. The Morgan fingerprint density at radius 3 is 2.92 bits per heavy atom. The number of aromatic nitrogens is 1. The summed E-state index contributed by atoms with van der Waals surface area (Å²) < 4.78 is 10.9. The van der Waals surface area contributed by atoms with Gasteiger partial charge in [-0.05, 0) is 36.7 Å². The van der Waals surface area contributed by atoms with Crippen LogP contribution in [0.15, 0.2) is 46.9 Å². The predicted octanol–water partition coefficient (Wildman–Crippen LogP) is 2.51. The van der Waals surface area contributed by atoms with E-state index in [-0.39, 0.29) is 18.5 Å². The Bertz CT molecular complexity index is 950. The first-order valence-corrected chi connectivity index (χ1v) is 8.62. The van der Waals surface area contributed by atoms with E-state index in [0.29, 0.717) is 17.9 Å². The van der Waals surface area contributed by atoms with Crippen LogP contribution in [0.3, 0.4) is 0 Å². The van der Waals surface area contributed by atoms with Crippen molar-refractivity contribution in [3.63, 3.8) is 0 Å². The third-order valence-corrected chi connectivity index (χ3v) is 4.84. The highest BCUT2D eigenvalue weighted by Crippen LogP contribution is 2.23. The lowest BCUT2D eigenvalue weighted by Crippen LogP contribution is -2.48. The number of benzene rings is 2. The summed E-state index contributed by atoms with van der Waals surface area (Å²) in [5, 5.41) is 2.95. The van der Waals surface area contributed by atoms with Crippen LogP contribution in [0, 0.1) is 0 Å². The number of carbonyl (C=O) groups excluding carboxylic acids is 1. The fourth-order valence-corrected chi connectivity index (χ4v) is 3.38. The molecule has 6 heteroatoms. The average molecular weight is 351 g/mol. The van der Waals surface area contributed by atoms with E-state index in [9.17, 15) is 4.79 Å². The maximum atomic E-state index is 12.7. The second-order valence-electron chi connectivity index (χ2n) is 6.56.